The molecule has 1 aromatic heterocycles. The predicted octanol–water partition coefficient (Wildman–Crippen LogP) is 5.96. The third-order valence-electron chi connectivity index (χ3n) is 8.34. The van der Waals surface area contributed by atoms with E-state index in [1.807, 2.05) is 29.7 Å². The lowest BCUT2D eigenvalue weighted by atomic mass is 9.80. The summed E-state index contributed by atoms with van der Waals surface area (Å²) in [7, 11) is 0. The Morgan fingerprint density at radius 2 is 1.68 bits per heavy atom. The van der Waals surface area contributed by atoms with Gasteiger partial charge in [-0.3, -0.25) is 14.4 Å². The smallest absolute Gasteiger partial charge is 0.306 e. The number of nitrogens with one attached hydrogen (secondary N) is 1. The van der Waals surface area contributed by atoms with Gasteiger partial charge in [0.1, 0.15) is 0 Å². The lowest BCUT2D eigenvalue weighted by molar-refractivity contribution is -0.145. The van der Waals surface area contributed by atoms with E-state index in [1.165, 1.54) is 11.1 Å². The summed E-state index contributed by atoms with van der Waals surface area (Å²) in [6, 6.07) is 15.5. The zero-order chi connectivity index (χ0) is 27.4. The number of hydrogen-bond donors (Lipinski definition) is 2. The Balaban J connectivity index is 1.61. The molecule has 2 aliphatic carbocycles. The molecule has 2 saturated carbocycles. The van der Waals surface area contributed by atoms with Crippen molar-refractivity contribution in [3.8, 4) is 5.69 Å². The van der Waals surface area contributed by atoms with Crippen LogP contribution >= 0.6 is 0 Å². The Labute approximate surface area is 224 Å². The minimum atomic E-state index is -0.826. The van der Waals surface area contributed by atoms with E-state index in [2.05, 4.69) is 51.2 Å². The van der Waals surface area contributed by atoms with Gasteiger partial charge in [0.25, 0.3) is 5.91 Å². The quantitative estimate of drug-likeness (QED) is 0.383. The van der Waals surface area contributed by atoms with Crippen LogP contribution in [0.5, 0.6) is 0 Å². The summed E-state index contributed by atoms with van der Waals surface area (Å²) in [5, 5.41) is 12.2. The van der Waals surface area contributed by atoms with E-state index in [0.29, 0.717) is 35.2 Å². The van der Waals surface area contributed by atoms with E-state index in [1.54, 1.807) is 18.3 Å². The largest absolute Gasteiger partial charge is 0.481 e. The summed E-state index contributed by atoms with van der Waals surface area (Å²) in [4.78, 5) is 38.4. The Morgan fingerprint density at radius 1 is 1.03 bits per heavy atom. The highest BCUT2D eigenvalue weighted by molar-refractivity contribution is 6.11. The molecule has 0 atom stereocenters. The maximum absolute atomic E-state index is 13.9. The molecule has 2 fully saturated rings. The molecule has 5 rings (SSSR count). The lowest BCUT2D eigenvalue weighted by Gasteiger charge is -2.32. The number of amides is 1. The fourth-order valence-electron chi connectivity index (χ4n) is 5.25. The molecular formula is C32H36N2O4. The molecule has 0 radical (unpaired) electrons. The van der Waals surface area contributed by atoms with Crippen molar-refractivity contribution in [2.75, 3.05) is 0 Å². The molecule has 6 heteroatoms. The number of nitrogens with zero attached hydrogens (tertiary/aromatic N) is 1. The molecule has 0 saturated heterocycles. The normalized spacial score (nSPS) is 19.9. The van der Waals surface area contributed by atoms with Crippen LogP contribution < -0.4 is 5.32 Å². The van der Waals surface area contributed by atoms with Gasteiger partial charge >= 0.3 is 5.97 Å². The average molecular weight is 513 g/mol. The second kappa shape index (κ2) is 9.26. The number of hydrogen-bond acceptors (Lipinski definition) is 3. The summed E-state index contributed by atoms with van der Waals surface area (Å²) in [6.07, 6.45) is 4.88. The SMILES string of the molecule is Cc1c(C(=O)NC2CC(C(=O)O)C2)cn(-c2cc(C(C)(C)C)cc(C3(C)CC3)c2)c1C(=O)c1ccccc1. The molecule has 2 N–H and O–H groups in total. The van der Waals surface area contributed by atoms with Crippen molar-refractivity contribution in [3.05, 3.63) is 88.2 Å². The highest BCUT2D eigenvalue weighted by Gasteiger charge is 2.40. The van der Waals surface area contributed by atoms with Crippen molar-refractivity contribution in [1.82, 2.24) is 9.88 Å². The van der Waals surface area contributed by atoms with Crippen molar-refractivity contribution in [3.63, 3.8) is 0 Å². The third kappa shape index (κ3) is 4.80. The van der Waals surface area contributed by atoms with Crippen LogP contribution in [-0.2, 0) is 15.6 Å². The second-order valence-electron chi connectivity index (χ2n) is 12.3. The van der Waals surface area contributed by atoms with Crippen LogP contribution in [0.1, 0.15) is 96.5 Å². The second-order valence-corrected chi connectivity index (χ2v) is 12.3. The molecule has 0 spiro atoms. The van der Waals surface area contributed by atoms with E-state index < -0.39 is 11.9 Å². The number of carboxylic acid groups (broad SMARTS) is 1. The highest BCUT2D eigenvalue weighted by Crippen LogP contribution is 2.49. The molecule has 0 unspecified atom stereocenters. The molecule has 2 aromatic carbocycles. The predicted molar refractivity (Wildman–Crippen MR) is 147 cm³/mol. The summed E-state index contributed by atoms with van der Waals surface area (Å²) in [5.41, 5.74) is 5.43. The fourth-order valence-corrected chi connectivity index (χ4v) is 5.25. The minimum Gasteiger partial charge on any atom is -0.481 e. The van der Waals surface area contributed by atoms with Crippen LogP contribution in [0.25, 0.3) is 5.69 Å². The Bertz CT molecular complexity index is 1390. The number of ketones is 1. The zero-order valence-corrected chi connectivity index (χ0v) is 22.8. The van der Waals surface area contributed by atoms with Crippen LogP contribution in [0.4, 0.5) is 0 Å². The molecule has 2 aliphatic rings. The molecule has 38 heavy (non-hydrogen) atoms. The van der Waals surface area contributed by atoms with Gasteiger partial charge in [-0.2, -0.15) is 0 Å². The monoisotopic (exact) mass is 512 g/mol. The summed E-state index contributed by atoms with van der Waals surface area (Å²) < 4.78 is 1.88. The van der Waals surface area contributed by atoms with Gasteiger partial charge in [0.15, 0.2) is 0 Å². The van der Waals surface area contributed by atoms with Gasteiger partial charge in [-0.05, 0) is 72.3 Å². The molecule has 6 nitrogen and oxygen atoms in total. The van der Waals surface area contributed by atoms with Gasteiger partial charge in [0.05, 0.1) is 17.2 Å². The maximum Gasteiger partial charge on any atom is 0.306 e. The van der Waals surface area contributed by atoms with Crippen molar-refractivity contribution in [2.45, 2.75) is 77.2 Å². The maximum atomic E-state index is 13.9. The first-order chi connectivity index (χ1) is 17.9. The number of benzene rings is 2. The Kier molecular flexibility index (Phi) is 6.33. The van der Waals surface area contributed by atoms with Crippen molar-refractivity contribution in [1.29, 1.82) is 0 Å². The first kappa shape index (κ1) is 26.0. The topological polar surface area (TPSA) is 88.4 Å². The van der Waals surface area contributed by atoms with Gasteiger partial charge in [-0.15, -0.1) is 0 Å². The minimum absolute atomic E-state index is 0.0904. The van der Waals surface area contributed by atoms with Crippen molar-refractivity contribution >= 4 is 17.7 Å². The number of rotatable bonds is 7. The molecule has 198 valence electrons. The number of carboxylic acids is 1. The molecule has 0 aliphatic heterocycles. The van der Waals surface area contributed by atoms with Crippen LogP contribution in [0, 0.1) is 12.8 Å². The summed E-state index contributed by atoms with van der Waals surface area (Å²) in [6.45, 7) is 10.6. The van der Waals surface area contributed by atoms with Crippen LogP contribution in [0.15, 0.2) is 54.7 Å². The third-order valence-corrected chi connectivity index (χ3v) is 8.34. The standard InChI is InChI=1S/C32H36N2O4/c1-19-26(29(36)33-24-13-21(14-24)30(37)38)18-34(27(19)28(35)20-9-7-6-8-10-20)25-16-22(31(2,3)4)15-23(17-25)32(5)11-12-32/h6-10,15-18,21,24H,11-14H2,1-5H3,(H,33,36)(H,37,38). The Morgan fingerprint density at radius 3 is 2.26 bits per heavy atom. The van der Waals surface area contributed by atoms with Gasteiger partial charge in [0.2, 0.25) is 5.78 Å². The first-order valence-corrected chi connectivity index (χ1v) is 13.4. The zero-order valence-electron chi connectivity index (χ0n) is 22.8. The molecule has 1 heterocycles. The van der Waals surface area contributed by atoms with Crippen LogP contribution in [0.2, 0.25) is 0 Å². The fraction of sp³-hybridized carbons (Fsp3) is 0.406. The van der Waals surface area contributed by atoms with E-state index >= 15 is 0 Å². The van der Waals surface area contributed by atoms with Crippen LogP contribution in [0.3, 0.4) is 0 Å². The lowest BCUT2D eigenvalue weighted by Crippen LogP contribution is -2.46. The number of aromatic nitrogens is 1. The summed E-state index contributed by atoms with van der Waals surface area (Å²) >= 11 is 0. The van der Waals surface area contributed by atoms with E-state index in [9.17, 15) is 19.5 Å². The Hall–Kier alpha value is -3.67. The molecule has 3 aromatic rings. The van der Waals surface area contributed by atoms with E-state index in [-0.39, 0.29) is 28.6 Å². The first-order valence-electron chi connectivity index (χ1n) is 13.4. The van der Waals surface area contributed by atoms with Crippen molar-refractivity contribution < 1.29 is 19.5 Å². The number of carbonyl (C=O) groups excluding carboxylic acids is 2. The van der Waals surface area contributed by atoms with Gasteiger partial charge < -0.3 is 15.0 Å². The number of aliphatic carboxylic acids is 1. The molecule has 0 bridgehead atoms. The van der Waals surface area contributed by atoms with E-state index in [4.69, 9.17) is 0 Å². The molecular weight excluding hydrogens is 476 g/mol. The van der Waals surface area contributed by atoms with Crippen LogP contribution in [-0.4, -0.2) is 33.4 Å². The average Bonchev–Trinajstić information content (AvgIpc) is 3.51. The van der Waals surface area contributed by atoms with Gasteiger partial charge in [-0.1, -0.05) is 64.1 Å². The van der Waals surface area contributed by atoms with Gasteiger partial charge in [-0.25, -0.2) is 0 Å². The number of carbonyl (C=O) groups is 3. The van der Waals surface area contributed by atoms with Gasteiger partial charge in [0, 0.05) is 23.5 Å². The van der Waals surface area contributed by atoms with Crippen molar-refractivity contribution in [2.24, 2.45) is 5.92 Å². The summed E-state index contributed by atoms with van der Waals surface area (Å²) in [5.74, 6) is -1.66. The van der Waals surface area contributed by atoms with E-state index in [0.717, 1.165) is 18.5 Å². The molecule has 1 amide bonds. The highest BCUT2D eigenvalue weighted by atomic mass is 16.4.